The summed E-state index contributed by atoms with van der Waals surface area (Å²) in [5, 5.41) is 3.56. The summed E-state index contributed by atoms with van der Waals surface area (Å²) in [6.45, 7) is 4.60. The molecule has 0 aliphatic rings. The lowest BCUT2D eigenvalue weighted by Crippen LogP contribution is -2.05. The normalized spacial score (nSPS) is 10.7. The molecule has 0 heterocycles. The summed E-state index contributed by atoms with van der Waals surface area (Å²) >= 11 is 5.96. The minimum absolute atomic E-state index is 0.164. The molecule has 0 amide bonds. The van der Waals surface area contributed by atoms with Crippen molar-refractivity contribution >= 4 is 17.3 Å². The molecular weight excluding hydrogens is 277 g/mol. The van der Waals surface area contributed by atoms with Crippen LogP contribution in [0.5, 0.6) is 5.75 Å². The van der Waals surface area contributed by atoms with Crippen molar-refractivity contribution in [3.63, 3.8) is 0 Å². The Bertz CT molecular complexity index is 569. The van der Waals surface area contributed by atoms with Gasteiger partial charge in [-0.05, 0) is 49.7 Å². The first-order valence-corrected chi connectivity index (χ1v) is 6.87. The molecule has 0 unspecified atom stereocenters. The number of ether oxygens (including phenoxy) is 1. The molecule has 0 saturated heterocycles. The van der Waals surface area contributed by atoms with Gasteiger partial charge in [-0.3, -0.25) is 0 Å². The lowest BCUT2D eigenvalue weighted by atomic mass is 10.2. The monoisotopic (exact) mass is 293 g/mol. The van der Waals surface area contributed by atoms with Crippen molar-refractivity contribution in [3.05, 3.63) is 58.9 Å². The Morgan fingerprint density at radius 2 is 1.85 bits per heavy atom. The second-order valence-corrected chi connectivity index (χ2v) is 5.20. The van der Waals surface area contributed by atoms with Crippen LogP contribution in [-0.4, -0.2) is 6.10 Å². The van der Waals surface area contributed by atoms with Crippen LogP contribution >= 0.6 is 11.6 Å². The van der Waals surface area contributed by atoms with Gasteiger partial charge in [-0.1, -0.05) is 23.7 Å². The zero-order valence-electron chi connectivity index (χ0n) is 11.5. The summed E-state index contributed by atoms with van der Waals surface area (Å²) in [4.78, 5) is 0. The van der Waals surface area contributed by atoms with Gasteiger partial charge >= 0.3 is 0 Å². The largest absolute Gasteiger partial charge is 0.491 e. The van der Waals surface area contributed by atoms with E-state index < -0.39 is 0 Å². The van der Waals surface area contributed by atoms with Crippen molar-refractivity contribution in [1.82, 2.24) is 0 Å². The Balaban J connectivity index is 1.96. The number of halogens is 2. The van der Waals surface area contributed by atoms with Crippen molar-refractivity contribution < 1.29 is 9.13 Å². The molecule has 2 aromatic carbocycles. The summed E-state index contributed by atoms with van der Waals surface area (Å²) in [5.41, 5.74) is 1.82. The SMILES string of the molecule is CC(C)Oc1ccc(CNc2ccc(F)cc2Cl)cc1. The Morgan fingerprint density at radius 1 is 1.15 bits per heavy atom. The van der Waals surface area contributed by atoms with Crippen LogP contribution in [0.2, 0.25) is 5.02 Å². The maximum Gasteiger partial charge on any atom is 0.124 e. The minimum atomic E-state index is -0.337. The van der Waals surface area contributed by atoms with E-state index >= 15 is 0 Å². The van der Waals surface area contributed by atoms with E-state index in [2.05, 4.69) is 5.32 Å². The molecule has 0 aromatic heterocycles. The molecule has 0 spiro atoms. The van der Waals surface area contributed by atoms with Gasteiger partial charge < -0.3 is 10.1 Å². The van der Waals surface area contributed by atoms with E-state index in [1.54, 1.807) is 6.07 Å². The van der Waals surface area contributed by atoms with E-state index in [-0.39, 0.29) is 11.9 Å². The fourth-order valence-electron chi connectivity index (χ4n) is 1.79. The van der Waals surface area contributed by atoms with Crippen LogP contribution in [0.15, 0.2) is 42.5 Å². The van der Waals surface area contributed by atoms with E-state index in [0.29, 0.717) is 11.6 Å². The Morgan fingerprint density at radius 3 is 2.45 bits per heavy atom. The van der Waals surface area contributed by atoms with Crippen molar-refractivity contribution in [2.24, 2.45) is 0 Å². The molecule has 2 aromatic rings. The quantitative estimate of drug-likeness (QED) is 0.848. The summed E-state index contributed by atoms with van der Waals surface area (Å²) in [6.07, 6.45) is 0.164. The first-order chi connectivity index (χ1) is 9.54. The van der Waals surface area contributed by atoms with Gasteiger partial charge in [-0.25, -0.2) is 4.39 Å². The number of benzene rings is 2. The molecule has 0 saturated carbocycles. The number of hydrogen-bond acceptors (Lipinski definition) is 2. The van der Waals surface area contributed by atoms with Crippen LogP contribution in [0.1, 0.15) is 19.4 Å². The van der Waals surface area contributed by atoms with Crippen molar-refractivity contribution in [2.75, 3.05) is 5.32 Å². The number of hydrogen-bond donors (Lipinski definition) is 1. The fourth-order valence-corrected chi connectivity index (χ4v) is 2.02. The molecule has 0 atom stereocenters. The van der Waals surface area contributed by atoms with Gasteiger partial charge in [0.05, 0.1) is 16.8 Å². The molecule has 1 N–H and O–H groups in total. The summed E-state index contributed by atoms with van der Waals surface area (Å²) in [7, 11) is 0. The third-order valence-corrected chi connectivity index (χ3v) is 3.02. The second-order valence-electron chi connectivity index (χ2n) is 4.79. The van der Waals surface area contributed by atoms with Crippen LogP contribution in [-0.2, 0) is 6.54 Å². The topological polar surface area (TPSA) is 21.3 Å². The highest BCUT2D eigenvalue weighted by molar-refractivity contribution is 6.33. The predicted molar refractivity (Wildman–Crippen MR) is 80.9 cm³/mol. The maximum absolute atomic E-state index is 12.9. The van der Waals surface area contributed by atoms with Gasteiger partial charge in [0.25, 0.3) is 0 Å². The van der Waals surface area contributed by atoms with Crippen LogP contribution in [0.3, 0.4) is 0 Å². The van der Waals surface area contributed by atoms with Crippen LogP contribution < -0.4 is 10.1 Å². The molecule has 4 heteroatoms. The van der Waals surface area contributed by atoms with E-state index in [1.165, 1.54) is 12.1 Å². The van der Waals surface area contributed by atoms with Gasteiger partial charge in [-0.2, -0.15) is 0 Å². The average molecular weight is 294 g/mol. The summed E-state index contributed by atoms with van der Waals surface area (Å²) < 4.78 is 18.5. The third kappa shape index (κ3) is 4.14. The van der Waals surface area contributed by atoms with Crippen LogP contribution in [0.25, 0.3) is 0 Å². The molecule has 106 valence electrons. The first-order valence-electron chi connectivity index (χ1n) is 6.49. The highest BCUT2D eigenvalue weighted by Gasteiger charge is 2.02. The van der Waals surface area contributed by atoms with Gasteiger partial charge in [0.15, 0.2) is 0 Å². The van der Waals surface area contributed by atoms with Gasteiger partial charge in [-0.15, -0.1) is 0 Å². The number of nitrogens with one attached hydrogen (secondary N) is 1. The van der Waals surface area contributed by atoms with Crippen molar-refractivity contribution in [3.8, 4) is 5.75 Å². The Kier molecular flexibility index (Phi) is 4.85. The number of rotatable bonds is 5. The lowest BCUT2D eigenvalue weighted by molar-refractivity contribution is 0.242. The molecular formula is C16H17ClFNO. The second kappa shape index (κ2) is 6.62. The van der Waals surface area contributed by atoms with E-state index in [4.69, 9.17) is 16.3 Å². The molecule has 2 nitrogen and oxygen atoms in total. The first kappa shape index (κ1) is 14.7. The maximum atomic E-state index is 12.9. The zero-order chi connectivity index (χ0) is 14.5. The number of anilines is 1. The summed E-state index contributed by atoms with van der Waals surface area (Å²) in [6, 6.07) is 12.2. The predicted octanol–water partition coefficient (Wildman–Crippen LogP) is 4.88. The highest BCUT2D eigenvalue weighted by Crippen LogP contribution is 2.23. The fraction of sp³-hybridized carbons (Fsp3) is 0.250. The van der Waals surface area contributed by atoms with Crippen LogP contribution in [0, 0.1) is 5.82 Å². The highest BCUT2D eigenvalue weighted by atomic mass is 35.5. The molecule has 0 fully saturated rings. The van der Waals surface area contributed by atoms with Crippen molar-refractivity contribution in [2.45, 2.75) is 26.5 Å². The van der Waals surface area contributed by atoms with E-state index in [0.717, 1.165) is 17.0 Å². The van der Waals surface area contributed by atoms with E-state index in [1.807, 2.05) is 38.1 Å². The molecule has 0 aliphatic heterocycles. The van der Waals surface area contributed by atoms with Crippen LogP contribution in [0.4, 0.5) is 10.1 Å². The van der Waals surface area contributed by atoms with E-state index in [9.17, 15) is 4.39 Å². The Hall–Kier alpha value is -1.74. The smallest absolute Gasteiger partial charge is 0.124 e. The molecule has 0 bridgehead atoms. The van der Waals surface area contributed by atoms with Gasteiger partial charge in [0, 0.05) is 6.54 Å². The zero-order valence-corrected chi connectivity index (χ0v) is 12.2. The Labute approximate surface area is 123 Å². The molecule has 0 aliphatic carbocycles. The standard InChI is InChI=1S/C16H17ClFNO/c1-11(2)20-14-6-3-12(4-7-14)10-19-16-8-5-13(18)9-15(16)17/h3-9,11,19H,10H2,1-2H3. The summed E-state index contributed by atoms with van der Waals surface area (Å²) in [5.74, 6) is 0.513. The molecule has 2 rings (SSSR count). The van der Waals surface area contributed by atoms with Gasteiger partial charge in [0.2, 0.25) is 0 Å². The minimum Gasteiger partial charge on any atom is -0.491 e. The average Bonchev–Trinajstić information content (AvgIpc) is 2.39. The lowest BCUT2D eigenvalue weighted by Gasteiger charge is -2.11. The third-order valence-electron chi connectivity index (χ3n) is 2.71. The molecule has 20 heavy (non-hydrogen) atoms. The van der Waals surface area contributed by atoms with Gasteiger partial charge in [0.1, 0.15) is 11.6 Å². The van der Waals surface area contributed by atoms with Crippen molar-refractivity contribution in [1.29, 1.82) is 0 Å². The molecule has 0 radical (unpaired) electrons.